The molecule has 0 bridgehead atoms. The van der Waals surface area contributed by atoms with Crippen LogP contribution in [0.1, 0.15) is 12.8 Å². The predicted molar refractivity (Wildman–Crippen MR) is 98.6 cm³/mol. The molecule has 0 spiro atoms. The van der Waals surface area contributed by atoms with Gasteiger partial charge in [-0.05, 0) is 12.8 Å². The summed E-state index contributed by atoms with van der Waals surface area (Å²) < 4.78 is 5.13. The summed E-state index contributed by atoms with van der Waals surface area (Å²) in [5.41, 5.74) is 0. The van der Waals surface area contributed by atoms with Crippen LogP contribution in [-0.4, -0.2) is 67.3 Å². The van der Waals surface area contributed by atoms with Gasteiger partial charge >= 0.3 is 0 Å². The quantitative estimate of drug-likeness (QED) is 0.808. The number of nitrogens with zero attached hydrogens (tertiary/aromatic N) is 7. The van der Waals surface area contributed by atoms with Crippen LogP contribution in [0.2, 0.25) is 0 Å². The second kappa shape index (κ2) is 7.50. The lowest BCUT2D eigenvalue weighted by Crippen LogP contribution is -2.47. The van der Waals surface area contributed by atoms with E-state index in [0.717, 1.165) is 43.5 Å². The molecule has 1 aliphatic heterocycles. The van der Waals surface area contributed by atoms with Gasteiger partial charge in [0.05, 0.1) is 19.5 Å². The zero-order valence-corrected chi connectivity index (χ0v) is 15.3. The first-order valence-corrected chi connectivity index (χ1v) is 8.41. The van der Waals surface area contributed by atoms with E-state index < -0.39 is 0 Å². The fourth-order valence-corrected chi connectivity index (χ4v) is 2.99. The summed E-state index contributed by atoms with van der Waals surface area (Å²) in [6.45, 7) is 1.83. The molecular formula is C17H25N7O. The molecule has 2 aromatic rings. The molecule has 8 heteroatoms. The SMILES string of the molecule is COc1cnc(N2CCCC(N(C)c3cc(N(C)C)ncn3)C2)nc1. The van der Waals surface area contributed by atoms with E-state index in [-0.39, 0.29) is 0 Å². The van der Waals surface area contributed by atoms with E-state index in [1.54, 1.807) is 25.8 Å². The van der Waals surface area contributed by atoms with E-state index in [1.807, 2.05) is 25.1 Å². The van der Waals surface area contributed by atoms with Crippen LogP contribution in [0, 0.1) is 0 Å². The zero-order valence-electron chi connectivity index (χ0n) is 15.3. The van der Waals surface area contributed by atoms with Gasteiger partial charge in [0.25, 0.3) is 0 Å². The molecular weight excluding hydrogens is 318 g/mol. The van der Waals surface area contributed by atoms with Crippen LogP contribution < -0.4 is 19.4 Å². The molecule has 2 aromatic heterocycles. The van der Waals surface area contributed by atoms with Crippen molar-refractivity contribution in [1.82, 2.24) is 19.9 Å². The third-order valence-electron chi connectivity index (χ3n) is 4.54. The Bertz CT molecular complexity index is 692. The van der Waals surface area contributed by atoms with Gasteiger partial charge in [-0.25, -0.2) is 19.9 Å². The van der Waals surface area contributed by atoms with Gasteiger partial charge in [0.15, 0.2) is 5.75 Å². The van der Waals surface area contributed by atoms with Gasteiger partial charge in [0.1, 0.15) is 18.0 Å². The van der Waals surface area contributed by atoms with Crippen molar-refractivity contribution in [3.05, 3.63) is 24.8 Å². The van der Waals surface area contributed by atoms with Crippen molar-refractivity contribution < 1.29 is 4.74 Å². The smallest absolute Gasteiger partial charge is 0.225 e. The standard InChI is InChI=1S/C17H25N7O/c1-22(2)15-8-16(21-12-20-15)23(3)13-6-5-7-24(11-13)17-18-9-14(25-4)10-19-17/h8-10,12-13H,5-7,11H2,1-4H3. The Labute approximate surface area is 148 Å². The minimum absolute atomic E-state index is 0.351. The van der Waals surface area contributed by atoms with Crippen LogP contribution in [0.3, 0.4) is 0 Å². The number of piperidine rings is 1. The van der Waals surface area contributed by atoms with Crippen molar-refractivity contribution in [2.24, 2.45) is 0 Å². The third-order valence-corrected chi connectivity index (χ3v) is 4.54. The lowest BCUT2D eigenvalue weighted by molar-refractivity contribution is 0.410. The second-order valence-electron chi connectivity index (χ2n) is 6.40. The molecule has 1 unspecified atom stereocenters. The number of rotatable bonds is 5. The highest BCUT2D eigenvalue weighted by Gasteiger charge is 2.25. The van der Waals surface area contributed by atoms with Crippen molar-refractivity contribution in [2.45, 2.75) is 18.9 Å². The normalized spacial score (nSPS) is 17.3. The average molecular weight is 343 g/mol. The van der Waals surface area contributed by atoms with E-state index in [9.17, 15) is 0 Å². The first kappa shape index (κ1) is 17.2. The number of methoxy groups -OCH3 is 1. The Kier molecular flexibility index (Phi) is 5.16. The summed E-state index contributed by atoms with van der Waals surface area (Å²) >= 11 is 0. The van der Waals surface area contributed by atoms with Crippen molar-refractivity contribution >= 4 is 17.6 Å². The summed E-state index contributed by atoms with van der Waals surface area (Å²) in [7, 11) is 7.67. The molecule has 8 nitrogen and oxygen atoms in total. The van der Waals surface area contributed by atoms with Gasteiger partial charge in [-0.2, -0.15) is 0 Å². The van der Waals surface area contributed by atoms with E-state index in [2.05, 4.69) is 36.8 Å². The second-order valence-corrected chi connectivity index (χ2v) is 6.40. The zero-order chi connectivity index (χ0) is 17.8. The maximum atomic E-state index is 5.13. The Hall–Kier alpha value is -2.64. The lowest BCUT2D eigenvalue weighted by atomic mass is 10.0. The van der Waals surface area contributed by atoms with Gasteiger partial charge < -0.3 is 19.4 Å². The van der Waals surface area contributed by atoms with E-state index in [1.165, 1.54) is 0 Å². The highest BCUT2D eigenvalue weighted by molar-refractivity contribution is 5.50. The summed E-state index contributed by atoms with van der Waals surface area (Å²) in [5, 5.41) is 0. The molecule has 1 fully saturated rings. The monoisotopic (exact) mass is 343 g/mol. The largest absolute Gasteiger partial charge is 0.494 e. The van der Waals surface area contributed by atoms with Crippen LogP contribution in [0.15, 0.2) is 24.8 Å². The van der Waals surface area contributed by atoms with E-state index in [4.69, 9.17) is 4.74 Å². The fraction of sp³-hybridized carbons (Fsp3) is 0.529. The topological polar surface area (TPSA) is 70.5 Å². The number of hydrogen-bond donors (Lipinski definition) is 0. The molecule has 1 atom stereocenters. The van der Waals surface area contributed by atoms with E-state index >= 15 is 0 Å². The first-order chi connectivity index (χ1) is 12.1. The van der Waals surface area contributed by atoms with Gasteiger partial charge in [0, 0.05) is 46.3 Å². The lowest BCUT2D eigenvalue weighted by Gasteiger charge is -2.38. The third kappa shape index (κ3) is 3.89. The highest BCUT2D eigenvalue weighted by atomic mass is 16.5. The van der Waals surface area contributed by atoms with Gasteiger partial charge in [-0.15, -0.1) is 0 Å². The number of likely N-dealkylation sites (N-methyl/N-ethyl adjacent to an activating group) is 1. The van der Waals surface area contributed by atoms with Crippen molar-refractivity contribution in [2.75, 3.05) is 56.0 Å². The molecule has 0 aromatic carbocycles. The molecule has 25 heavy (non-hydrogen) atoms. The van der Waals surface area contributed by atoms with Crippen molar-refractivity contribution in [1.29, 1.82) is 0 Å². The van der Waals surface area contributed by atoms with Crippen LogP contribution in [0.25, 0.3) is 0 Å². The molecule has 1 aliphatic rings. The van der Waals surface area contributed by atoms with Crippen molar-refractivity contribution in [3.63, 3.8) is 0 Å². The Morgan fingerprint density at radius 2 is 1.80 bits per heavy atom. The van der Waals surface area contributed by atoms with Crippen LogP contribution in [-0.2, 0) is 0 Å². The fourth-order valence-electron chi connectivity index (χ4n) is 2.99. The molecule has 3 heterocycles. The molecule has 0 saturated carbocycles. The summed E-state index contributed by atoms with van der Waals surface area (Å²) in [4.78, 5) is 24.0. The summed E-state index contributed by atoms with van der Waals surface area (Å²) in [6, 6.07) is 2.37. The maximum Gasteiger partial charge on any atom is 0.225 e. The maximum absolute atomic E-state index is 5.13. The highest BCUT2D eigenvalue weighted by Crippen LogP contribution is 2.24. The summed E-state index contributed by atoms with van der Waals surface area (Å²) in [6.07, 6.45) is 7.25. The average Bonchev–Trinajstić information content (AvgIpc) is 2.67. The minimum Gasteiger partial charge on any atom is -0.494 e. The number of anilines is 3. The molecule has 134 valence electrons. The predicted octanol–water partition coefficient (Wildman–Crippen LogP) is 1.45. The van der Waals surface area contributed by atoms with Gasteiger partial charge in [-0.3, -0.25) is 0 Å². The molecule has 0 N–H and O–H groups in total. The van der Waals surface area contributed by atoms with Gasteiger partial charge in [-0.1, -0.05) is 0 Å². The van der Waals surface area contributed by atoms with E-state index in [0.29, 0.717) is 11.8 Å². The van der Waals surface area contributed by atoms with Gasteiger partial charge in [0.2, 0.25) is 5.95 Å². The Morgan fingerprint density at radius 1 is 1.08 bits per heavy atom. The summed E-state index contributed by atoms with van der Waals surface area (Å²) in [5.74, 6) is 3.26. The Morgan fingerprint density at radius 3 is 2.48 bits per heavy atom. The minimum atomic E-state index is 0.351. The molecule has 1 saturated heterocycles. The van der Waals surface area contributed by atoms with Crippen LogP contribution in [0.5, 0.6) is 5.75 Å². The van der Waals surface area contributed by atoms with Crippen molar-refractivity contribution in [3.8, 4) is 5.75 Å². The van der Waals surface area contributed by atoms with Crippen LogP contribution in [0.4, 0.5) is 17.6 Å². The molecule has 0 radical (unpaired) electrons. The number of ether oxygens (including phenoxy) is 1. The van der Waals surface area contributed by atoms with Crippen LogP contribution >= 0.6 is 0 Å². The molecule has 0 amide bonds. The number of hydrogen-bond acceptors (Lipinski definition) is 8. The molecule has 3 rings (SSSR count). The number of aromatic nitrogens is 4. The molecule has 0 aliphatic carbocycles. The Balaban J connectivity index is 1.72. The first-order valence-electron chi connectivity index (χ1n) is 8.41.